The Morgan fingerprint density at radius 2 is 1.65 bits per heavy atom. The van der Waals surface area contributed by atoms with Gasteiger partial charge in [-0.1, -0.05) is 24.3 Å². The van der Waals surface area contributed by atoms with E-state index >= 15 is 0 Å². The first kappa shape index (κ1) is 24.8. The number of para-hydroxylation sites is 1. The lowest BCUT2D eigenvalue weighted by Crippen LogP contribution is -2.30. The minimum Gasteiger partial charge on any atom is -0.497 e. The zero-order valence-electron chi connectivity index (χ0n) is 22.1. The summed E-state index contributed by atoms with van der Waals surface area (Å²) in [5, 5.41) is 4.19. The van der Waals surface area contributed by atoms with Crippen LogP contribution in [0.4, 0.5) is 5.69 Å². The van der Waals surface area contributed by atoms with Gasteiger partial charge >= 0.3 is 0 Å². The molecule has 0 spiro atoms. The minimum absolute atomic E-state index is 0.144. The number of hydrogen-bond donors (Lipinski definition) is 1. The van der Waals surface area contributed by atoms with Crippen LogP contribution in [0.3, 0.4) is 0 Å². The number of pyridine rings is 1. The Morgan fingerprint density at radius 3 is 2.30 bits per heavy atom. The van der Waals surface area contributed by atoms with Crippen molar-refractivity contribution >= 4 is 23.0 Å². The summed E-state index contributed by atoms with van der Waals surface area (Å²) in [5.41, 5.74) is 9.03. The number of aromatic nitrogens is 2. The first-order valence-corrected chi connectivity index (χ1v) is 12.7. The molecule has 0 saturated carbocycles. The van der Waals surface area contributed by atoms with Crippen LogP contribution in [0.25, 0.3) is 5.69 Å². The second-order valence-electron chi connectivity index (χ2n) is 9.44. The molecule has 1 saturated heterocycles. The number of methoxy groups -OCH3 is 2. The van der Waals surface area contributed by atoms with Crippen molar-refractivity contribution in [2.45, 2.75) is 39.8 Å². The molecule has 0 amide bonds. The second-order valence-corrected chi connectivity index (χ2v) is 9.82. The predicted molar refractivity (Wildman–Crippen MR) is 152 cm³/mol. The smallest absolute Gasteiger partial charge is 0.174 e. The summed E-state index contributed by atoms with van der Waals surface area (Å²) in [5.74, 6) is 1.42. The maximum atomic E-state index is 5.96. The van der Waals surface area contributed by atoms with Crippen LogP contribution >= 0.6 is 12.2 Å². The maximum absolute atomic E-state index is 5.96. The molecule has 190 valence electrons. The number of benzene rings is 2. The third-order valence-electron chi connectivity index (χ3n) is 7.20. The fraction of sp³-hybridized carbons (Fsp3) is 0.267. The normalized spacial score (nSPS) is 17.1. The molecule has 4 aromatic rings. The second kappa shape index (κ2) is 9.90. The van der Waals surface area contributed by atoms with Crippen LogP contribution in [0.1, 0.15) is 45.9 Å². The van der Waals surface area contributed by atoms with Crippen molar-refractivity contribution in [2.75, 3.05) is 19.1 Å². The van der Waals surface area contributed by atoms with Gasteiger partial charge in [0.05, 0.1) is 43.4 Å². The summed E-state index contributed by atoms with van der Waals surface area (Å²) in [6.07, 6.45) is 1.83. The fourth-order valence-corrected chi connectivity index (χ4v) is 5.84. The van der Waals surface area contributed by atoms with Crippen molar-refractivity contribution in [3.63, 3.8) is 0 Å². The molecule has 6 nitrogen and oxygen atoms in total. The summed E-state index contributed by atoms with van der Waals surface area (Å²) >= 11 is 5.96. The monoisotopic (exact) mass is 512 g/mol. The van der Waals surface area contributed by atoms with Crippen molar-refractivity contribution in [3.8, 4) is 17.2 Å². The number of hydrogen-bond acceptors (Lipinski definition) is 4. The van der Waals surface area contributed by atoms with Crippen molar-refractivity contribution < 1.29 is 9.47 Å². The van der Waals surface area contributed by atoms with E-state index in [-0.39, 0.29) is 12.1 Å². The number of nitrogens with one attached hydrogen (secondary N) is 1. The largest absolute Gasteiger partial charge is 0.497 e. The van der Waals surface area contributed by atoms with Crippen LogP contribution in [0.2, 0.25) is 0 Å². The number of nitrogens with zero attached hydrogens (tertiary/aromatic N) is 3. The van der Waals surface area contributed by atoms with Gasteiger partial charge in [-0.3, -0.25) is 4.98 Å². The Morgan fingerprint density at radius 1 is 0.892 bits per heavy atom. The van der Waals surface area contributed by atoms with Crippen LogP contribution in [0.15, 0.2) is 66.9 Å². The molecule has 3 heterocycles. The number of thiocarbonyl (C=S) groups is 1. The molecule has 1 aliphatic rings. The van der Waals surface area contributed by atoms with Crippen LogP contribution in [-0.2, 0) is 0 Å². The summed E-state index contributed by atoms with van der Waals surface area (Å²) < 4.78 is 13.6. The first-order valence-electron chi connectivity index (χ1n) is 12.3. The van der Waals surface area contributed by atoms with Gasteiger partial charge in [0, 0.05) is 23.7 Å². The average molecular weight is 513 g/mol. The highest BCUT2D eigenvalue weighted by atomic mass is 32.1. The molecule has 0 aliphatic carbocycles. The average Bonchev–Trinajstić information content (AvgIpc) is 3.39. The van der Waals surface area contributed by atoms with E-state index in [1.165, 1.54) is 33.8 Å². The van der Waals surface area contributed by atoms with E-state index in [1.54, 1.807) is 14.2 Å². The van der Waals surface area contributed by atoms with E-state index in [0.717, 1.165) is 17.1 Å². The molecule has 2 aromatic carbocycles. The van der Waals surface area contributed by atoms with E-state index < -0.39 is 0 Å². The topological polar surface area (TPSA) is 51.5 Å². The Bertz CT molecular complexity index is 1440. The molecule has 0 unspecified atom stereocenters. The molecular formula is C30H32N4O2S. The van der Waals surface area contributed by atoms with Gasteiger partial charge in [0.15, 0.2) is 5.11 Å². The lowest BCUT2D eigenvalue weighted by atomic mass is 9.96. The molecule has 2 aromatic heterocycles. The highest BCUT2D eigenvalue weighted by Crippen LogP contribution is 2.47. The quantitative estimate of drug-likeness (QED) is 0.306. The summed E-state index contributed by atoms with van der Waals surface area (Å²) in [4.78, 5) is 6.86. The summed E-state index contributed by atoms with van der Waals surface area (Å²) in [6, 6.07) is 20.3. The predicted octanol–water partition coefficient (Wildman–Crippen LogP) is 6.30. The Balaban J connectivity index is 1.73. The molecular weight excluding hydrogens is 480 g/mol. The molecule has 1 aliphatic heterocycles. The van der Waals surface area contributed by atoms with Crippen molar-refractivity contribution in [1.29, 1.82) is 0 Å². The number of anilines is 1. The maximum Gasteiger partial charge on any atom is 0.174 e. The number of aryl methyl sites for hydroxylation is 3. The fourth-order valence-electron chi connectivity index (χ4n) is 5.50. The van der Waals surface area contributed by atoms with Gasteiger partial charge in [-0.05, 0) is 86.9 Å². The van der Waals surface area contributed by atoms with Crippen molar-refractivity contribution in [3.05, 3.63) is 101 Å². The van der Waals surface area contributed by atoms with E-state index in [4.69, 9.17) is 26.7 Å². The molecule has 1 fully saturated rings. The van der Waals surface area contributed by atoms with Crippen molar-refractivity contribution in [1.82, 2.24) is 14.9 Å². The van der Waals surface area contributed by atoms with Crippen LogP contribution in [0, 0.1) is 27.7 Å². The molecule has 0 bridgehead atoms. The standard InChI is InChI=1S/C30H32N4O2S/c1-18-10-9-11-19(2)28(18)33-20(3)16-23(21(33)4)29-27(24-12-7-8-15-31-24)32-30(37)34(29)25-14-13-22(35-5)17-26(25)36-6/h7-17,27,29H,1-6H3,(H,32,37)/t27-,29-/m0/s1. The van der Waals surface area contributed by atoms with E-state index in [1.807, 2.05) is 42.6 Å². The lowest BCUT2D eigenvalue weighted by molar-refractivity contribution is 0.394. The SMILES string of the molecule is COc1ccc(N2C(=S)N[C@@H](c3ccccn3)[C@@H]2c2cc(C)n(-c3c(C)cccc3C)c2C)c(OC)c1. The van der Waals surface area contributed by atoms with Crippen LogP contribution in [0.5, 0.6) is 11.5 Å². The lowest BCUT2D eigenvalue weighted by Gasteiger charge is -2.29. The van der Waals surface area contributed by atoms with Gasteiger partial charge in [0.1, 0.15) is 11.5 Å². The molecule has 2 atom stereocenters. The highest BCUT2D eigenvalue weighted by Gasteiger charge is 2.43. The van der Waals surface area contributed by atoms with Gasteiger partial charge in [-0.2, -0.15) is 0 Å². The molecule has 7 heteroatoms. The molecule has 37 heavy (non-hydrogen) atoms. The molecule has 5 rings (SSSR count). The van der Waals surface area contributed by atoms with E-state index in [2.05, 4.69) is 66.7 Å². The van der Waals surface area contributed by atoms with Crippen LogP contribution in [-0.4, -0.2) is 28.9 Å². The Kier molecular flexibility index (Phi) is 6.65. The summed E-state index contributed by atoms with van der Waals surface area (Å²) in [7, 11) is 3.32. The third-order valence-corrected chi connectivity index (χ3v) is 7.51. The number of rotatable bonds is 6. The van der Waals surface area contributed by atoms with Gasteiger partial charge < -0.3 is 24.3 Å². The zero-order chi connectivity index (χ0) is 26.3. The first-order chi connectivity index (χ1) is 17.8. The van der Waals surface area contributed by atoms with Crippen molar-refractivity contribution in [2.24, 2.45) is 0 Å². The highest BCUT2D eigenvalue weighted by molar-refractivity contribution is 7.80. The minimum atomic E-state index is -0.146. The van der Waals surface area contributed by atoms with Gasteiger partial charge in [0.2, 0.25) is 0 Å². The Hall–Kier alpha value is -3.84. The third kappa shape index (κ3) is 4.23. The van der Waals surface area contributed by atoms with Gasteiger partial charge in [0.25, 0.3) is 0 Å². The van der Waals surface area contributed by atoms with E-state index in [0.29, 0.717) is 10.9 Å². The van der Waals surface area contributed by atoms with E-state index in [9.17, 15) is 0 Å². The summed E-state index contributed by atoms with van der Waals surface area (Å²) in [6.45, 7) is 8.68. The number of ether oxygens (including phenoxy) is 2. The van der Waals surface area contributed by atoms with Gasteiger partial charge in [-0.25, -0.2) is 0 Å². The van der Waals surface area contributed by atoms with Crippen LogP contribution < -0.4 is 19.7 Å². The zero-order valence-corrected chi connectivity index (χ0v) is 22.9. The molecule has 0 radical (unpaired) electrons. The molecule has 1 N–H and O–H groups in total. The Labute approximate surface area is 223 Å². The van der Waals surface area contributed by atoms with Gasteiger partial charge in [-0.15, -0.1) is 0 Å².